The van der Waals surface area contributed by atoms with Crippen molar-refractivity contribution in [3.8, 4) is 56.7 Å². The van der Waals surface area contributed by atoms with Crippen molar-refractivity contribution >= 4 is 34.4 Å². The predicted molar refractivity (Wildman–Crippen MR) is 213 cm³/mol. The largest absolute Gasteiger partial charge is 0.494 e. The Morgan fingerprint density at radius 2 is 0.792 bits per heavy atom. The minimum atomic E-state index is -0.612. The van der Waals surface area contributed by atoms with Crippen LogP contribution in [0.5, 0.6) is 0 Å². The molecule has 1 aliphatic rings. The number of hydrogen-bond donors (Lipinski definition) is 0. The summed E-state index contributed by atoms with van der Waals surface area (Å²) in [7, 11) is -0.612. The van der Waals surface area contributed by atoms with Crippen molar-refractivity contribution in [3.05, 3.63) is 146 Å². The maximum absolute atomic E-state index is 6.60. The first kappa shape index (κ1) is 32.8. The van der Waals surface area contributed by atoms with Gasteiger partial charge in [0, 0.05) is 38.6 Å². The van der Waals surface area contributed by atoms with Crippen molar-refractivity contribution < 1.29 is 9.31 Å². The lowest BCUT2D eigenvalue weighted by Crippen LogP contribution is -2.41. The fourth-order valence-electron chi connectivity index (χ4n) is 6.68. The topological polar surface area (TPSA) is 82.9 Å². The molecule has 0 radical (unpaired) electrons. The maximum Gasteiger partial charge on any atom is 0.494 e. The van der Waals surface area contributed by atoms with Gasteiger partial charge in [-0.05, 0) is 51.4 Å². The summed E-state index contributed by atoms with van der Waals surface area (Å²) in [6, 6.07) is 49.0. The van der Waals surface area contributed by atoms with Crippen LogP contribution in [0.15, 0.2) is 146 Å². The van der Waals surface area contributed by atoms with Gasteiger partial charge in [0.25, 0.3) is 0 Å². The molecule has 9 rings (SSSR count). The van der Waals surface area contributed by atoms with Gasteiger partial charge in [-0.1, -0.05) is 127 Å². The normalized spacial score (nSPS) is 14.9. The zero-order valence-corrected chi connectivity index (χ0v) is 30.0. The molecule has 0 atom stereocenters. The van der Waals surface area contributed by atoms with Gasteiger partial charge in [-0.25, -0.2) is 24.9 Å². The van der Waals surface area contributed by atoms with Crippen LogP contribution in [-0.2, 0) is 9.31 Å². The van der Waals surface area contributed by atoms with Gasteiger partial charge in [0.2, 0.25) is 0 Å². The summed E-state index contributed by atoms with van der Waals surface area (Å²) >= 11 is 0. The van der Waals surface area contributed by atoms with Crippen molar-refractivity contribution in [2.75, 3.05) is 0 Å². The number of rotatable bonds is 6. The highest BCUT2D eigenvalue weighted by Gasteiger charge is 2.51. The van der Waals surface area contributed by atoms with Gasteiger partial charge in [0.05, 0.1) is 33.6 Å². The van der Waals surface area contributed by atoms with Gasteiger partial charge in [-0.15, -0.1) is 0 Å². The number of benzene rings is 5. The average Bonchev–Trinajstić information content (AvgIpc) is 3.43. The lowest BCUT2D eigenvalue weighted by molar-refractivity contribution is 0.00578. The maximum atomic E-state index is 6.60. The van der Waals surface area contributed by atoms with Crippen LogP contribution >= 0.6 is 0 Å². The number of hydrogen-bond acceptors (Lipinski definition) is 7. The van der Waals surface area contributed by atoms with E-state index in [9.17, 15) is 0 Å². The Morgan fingerprint density at radius 3 is 1.28 bits per heavy atom. The van der Waals surface area contributed by atoms with Crippen LogP contribution in [0, 0.1) is 0 Å². The molecule has 1 saturated heterocycles. The van der Waals surface area contributed by atoms with E-state index in [1.807, 2.05) is 78.9 Å². The molecule has 5 aromatic carbocycles. The van der Waals surface area contributed by atoms with Gasteiger partial charge in [-0.2, -0.15) is 0 Å². The molecule has 0 amide bonds. The molecule has 0 spiro atoms. The van der Waals surface area contributed by atoms with Crippen LogP contribution in [0.2, 0.25) is 0 Å². The molecule has 53 heavy (non-hydrogen) atoms. The van der Waals surface area contributed by atoms with E-state index in [2.05, 4.69) is 94.4 Å². The quantitative estimate of drug-likeness (QED) is 0.127. The summed E-state index contributed by atoms with van der Waals surface area (Å²) in [5, 5.41) is 2.04. The van der Waals surface area contributed by atoms with Gasteiger partial charge < -0.3 is 9.31 Å². The fraction of sp³-hybridized carbons (Fsp3) is 0.133. The van der Waals surface area contributed by atoms with Gasteiger partial charge in [-0.3, -0.25) is 0 Å². The third kappa shape index (κ3) is 6.16. The second kappa shape index (κ2) is 12.8. The summed E-state index contributed by atoms with van der Waals surface area (Å²) in [5.74, 6) is 1.72. The van der Waals surface area contributed by atoms with Crippen molar-refractivity contribution in [2.24, 2.45) is 0 Å². The Labute approximate surface area is 308 Å². The second-order valence-electron chi connectivity index (χ2n) is 14.4. The fourth-order valence-corrected chi connectivity index (χ4v) is 6.68. The molecule has 0 aliphatic carbocycles. The molecule has 4 heterocycles. The molecule has 0 unspecified atom stereocenters. The third-order valence-corrected chi connectivity index (χ3v) is 10.3. The molecule has 7 nitrogen and oxygen atoms in total. The zero-order valence-electron chi connectivity index (χ0n) is 30.0. The number of pyridine rings is 2. The Morgan fingerprint density at radius 1 is 0.396 bits per heavy atom. The molecular weight excluding hydrogens is 653 g/mol. The van der Waals surface area contributed by atoms with Crippen molar-refractivity contribution in [2.45, 2.75) is 38.9 Å². The van der Waals surface area contributed by atoms with E-state index in [0.29, 0.717) is 17.5 Å². The number of nitrogens with zero attached hydrogens (tertiary/aromatic N) is 5. The Kier molecular flexibility index (Phi) is 7.95. The highest BCUT2D eigenvalue weighted by atomic mass is 16.7. The summed E-state index contributed by atoms with van der Waals surface area (Å²) in [5.41, 5.74) is 7.73. The minimum Gasteiger partial charge on any atom is -0.399 e. The summed E-state index contributed by atoms with van der Waals surface area (Å²) < 4.78 is 13.2. The van der Waals surface area contributed by atoms with Crippen LogP contribution in [0.25, 0.3) is 78.5 Å². The molecule has 8 aromatic rings. The smallest absolute Gasteiger partial charge is 0.399 e. The first-order valence-electron chi connectivity index (χ1n) is 17.9. The molecule has 0 N–H and O–H groups in total. The van der Waals surface area contributed by atoms with E-state index in [1.165, 1.54) is 0 Å². The molecular formula is C45H36BN5O2. The van der Waals surface area contributed by atoms with Crippen molar-refractivity contribution in [1.82, 2.24) is 24.9 Å². The van der Waals surface area contributed by atoms with E-state index in [4.69, 9.17) is 34.2 Å². The van der Waals surface area contributed by atoms with Crippen LogP contribution in [0.4, 0.5) is 0 Å². The highest BCUT2D eigenvalue weighted by Crippen LogP contribution is 2.38. The summed E-state index contributed by atoms with van der Waals surface area (Å²) in [4.78, 5) is 25.5. The van der Waals surface area contributed by atoms with Crippen LogP contribution < -0.4 is 5.46 Å². The monoisotopic (exact) mass is 689 g/mol. The molecule has 0 bridgehead atoms. The van der Waals surface area contributed by atoms with Crippen molar-refractivity contribution in [1.29, 1.82) is 0 Å². The Bertz CT molecular complexity index is 2560. The molecule has 1 aliphatic heterocycles. The standard InChI is InChI=1S/C45H36BN5O2/c1-44(2)45(3,4)53-46(52-44)36-27-34(38-25-23-31-21-20-30-22-24-37(29-14-8-5-9-15-29)47-39(30)40(31)48-38)26-35(28-36)43-50-41(32-16-10-6-11-17-32)49-42(51-43)33-18-12-7-13-19-33/h5-28H,1-4H3. The van der Waals surface area contributed by atoms with Crippen LogP contribution in [0.3, 0.4) is 0 Å². The zero-order chi connectivity index (χ0) is 36.2. The first-order valence-corrected chi connectivity index (χ1v) is 17.9. The van der Waals surface area contributed by atoms with E-state index in [-0.39, 0.29) is 0 Å². The summed E-state index contributed by atoms with van der Waals surface area (Å²) in [6.07, 6.45) is 0. The first-order chi connectivity index (χ1) is 25.7. The summed E-state index contributed by atoms with van der Waals surface area (Å²) in [6.45, 7) is 8.26. The minimum absolute atomic E-state index is 0.524. The van der Waals surface area contributed by atoms with Gasteiger partial charge in [0.15, 0.2) is 17.5 Å². The second-order valence-corrected chi connectivity index (χ2v) is 14.4. The van der Waals surface area contributed by atoms with Crippen LogP contribution in [0.1, 0.15) is 27.7 Å². The SMILES string of the molecule is CC1(C)OB(c2cc(-c3ccc4ccc5ccc(-c6ccccc6)nc5c4n3)cc(-c3nc(-c4ccccc4)nc(-c4ccccc4)n3)c2)OC1(C)C. The van der Waals surface area contributed by atoms with Gasteiger partial charge >= 0.3 is 7.12 Å². The van der Waals surface area contributed by atoms with Crippen LogP contribution in [-0.4, -0.2) is 43.2 Å². The van der Waals surface area contributed by atoms with E-state index >= 15 is 0 Å². The Balaban J connectivity index is 1.24. The lowest BCUT2D eigenvalue weighted by atomic mass is 9.77. The molecule has 1 fully saturated rings. The van der Waals surface area contributed by atoms with E-state index in [1.54, 1.807) is 0 Å². The van der Waals surface area contributed by atoms with Gasteiger partial charge in [0.1, 0.15) is 0 Å². The molecule has 3 aromatic heterocycles. The molecule has 256 valence electrons. The molecule has 0 saturated carbocycles. The number of aromatic nitrogens is 5. The lowest BCUT2D eigenvalue weighted by Gasteiger charge is -2.32. The Hall–Kier alpha value is -6.09. The average molecular weight is 690 g/mol. The molecule has 8 heteroatoms. The van der Waals surface area contributed by atoms with E-state index < -0.39 is 18.3 Å². The third-order valence-electron chi connectivity index (χ3n) is 10.3. The predicted octanol–water partition coefficient (Wildman–Crippen LogP) is 9.60. The highest BCUT2D eigenvalue weighted by molar-refractivity contribution is 6.62. The van der Waals surface area contributed by atoms with E-state index in [0.717, 1.165) is 66.5 Å². The number of fused-ring (bicyclic) bond motifs is 3. The van der Waals surface area contributed by atoms with Crippen molar-refractivity contribution in [3.63, 3.8) is 0 Å².